The van der Waals surface area contributed by atoms with E-state index in [9.17, 15) is 9.59 Å². The summed E-state index contributed by atoms with van der Waals surface area (Å²) in [7, 11) is 1.63. The molecule has 2 aliphatic heterocycles. The van der Waals surface area contributed by atoms with E-state index in [0.717, 1.165) is 5.69 Å². The fraction of sp³-hybridized carbons (Fsp3) is 0.571. The fourth-order valence-electron chi connectivity index (χ4n) is 4.57. The van der Waals surface area contributed by atoms with E-state index in [0.29, 0.717) is 44.9 Å². The largest absolute Gasteiger partial charge is 0.383 e. The zero-order chi connectivity index (χ0) is 21.3. The maximum Gasteiger partial charge on any atom is 0.274 e. The van der Waals surface area contributed by atoms with Crippen LogP contribution < -0.4 is 0 Å². The molecule has 0 N–H and O–H groups in total. The lowest BCUT2D eigenvalue weighted by Gasteiger charge is -2.27. The lowest BCUT2D eigenvalue weighted by molar-refractivity contribution is -0.136. The fourth-order valence-corrected chi connectivity index (χ4v) is 4.57. The van der Waals surface area contributed by atoms with E-state index >= 15 is 0 Å². The molecule has 0 unspecified atom stereocenters. The summed E-state index contributed by atoms with van der Waals surface area (Å²) in [6.45, 7) is 6.70. The number of hydrogen-bond donors (Lipinski definition) is 0. The number of ether oxygens (including phenoxy) is 1. The van der Waals surface area contributed by atoms with E-state index in [1.165, 1.54) is 18.6 Å². The van der Waals surface area contributed by atoms with Crippen LogP contribution in [0.25, 0.3) is 0 Å². The first-order valence-electron chi connectivity index (χ1n) is 10.3. The van der Waals surface area contributed by atoms with Crippen molar-refractivity contribution in [1.82, 2.24) is 29.3 Å². The van der Waals surface area contributed by atoms with Crippen LogP contribution in [0.1, 0.15) is 48.4 Å². The Kier molecular flexibility index (Phi) is 5.55. The molecule has 9 nitrogen and oxygen atoms in total. The van der Waals surface area contributed by atoms with E-state index in [4.69, 9.17) is 4.74 Å². The summed E-state index contributed by atoms with van der Waals surface area (Å²) in [5.41, 5.74) is 0.490. The number of methoxy groups -OCH3 is 1. The second-order valence-corrected chi connectivity index (χ2v) is 8.36. The highest BCUT2D eigenvalue weighted by Crippen LogP contribution is 2.49. The number of carbonyl (C=O) groups is 2. The quantitative estimate of drug-likeness (QED) is 0.711. The van der Waals surface area contributed by atoms with Crippen LogP contribution in [0.2, 0.25) is 0 Å². The Morgan fingerprint density at radius 1 is 1.33 bits per heavy atom. The molecule has 0 aromatic carbocycles. The van der Waals surface area contributed by atoms with Crippen LogP contribution in [-0.4, -0.2) is 81.0 Å². The standard InChI is InChI=1S/C21H28N6O3/c1-15(2)27-12-18(24-14-27)16-11-26(19(28)17-10-22-5-6-23-17)13-21(16)4-7-25(20(21)29)8-9-30-3/h5-6,10,12,14-16H,4,7-9,11,13H2,1-3H3/t16-,21+/m1/s1. The highest BCUT2D eigenvalue weighted by Gasteiger charge is 2.58. The van der Waals surface area contributed by atoms with Gasteiger partial charge in [0.05, 0.1) is 30.2 Å². The summed E-state index contributed by atoms with van der Waals surface area (Å²) in [6.07, 6.45) is 9.03. The third-order valence-electron chi connectivity index (χ3n) is 6.29. The second-order valence-electron chi connectivity index (χ2n) is 8.36. The van der Waals surface area contributed by atoms with Crippen molar-refractivity contribution in [2.75, 3.05) is 39.9 Å². The highest BCUT2D eigenvalue weighted by atomic mass is 16.5. The van der Waals surface area contributed by atoms with E-state index in [-0.39, 0.29) is 23.8 Å². The summed E-state index contributed by atoms with van der Waals surface area (Å²) in [4.78, 5) is 43.0. The van der Waals surface area contributed by atoms with Crippen molar-refractivity contribution in [2.24, 2.45) is 5.41 Å². The molecule has 2 aromatic rings. The normalized spacial score (nSPS) is 23.9. The van der Waals surface area contributed by atoms with Gasteiger partial charge in [-0.2, -0.15) is 0 Å². The molecule has 1 spiro atoms. The van der Waals surface area contributed by atoms with Crippen molar-refractivity contribution in [2.45, 2.75) is 32.2 Å². The van der Waals surface area contributed by atoms with Crippen molar-refractivity contribution < 1.29 is 14.3 Å². The molecular formula is C21H28N6O3. The summed E-state index contributed by atoms with van der Waals surface area (Å²) in [5, 5.41) is 0. The van der Waals surface area contributed by atoms with Crippen LogP contribution in [-0.2, 0) is 9.53 Å². The predicted octanol–water partition coefficient (Wildman–Crippen LogP) is 1.36. The van der Waals surface area contributed by atoms with Gasteiger partial charge >= 0.3 is 0 Å². The first-order chi connectivity index (χ1) is 14.5. The molecule has 4 heterocycles. The summed E-state index contributed by atoms with van der Waals surface area (Å²) in [5.74, 6) is -0.271. The van der Waals surface area contributed by atoms with Crippen LogP contribution in [0.15, 0.2) is 31.1 Å². The lowest BCUT2D eigenvalue weighted by Crippen LogP contribution is -2.41. The molecular weight excluding hydrogens is 384 g/mol. The molecule has 2 atom stereocenters. The molecule has 160 valence electrons. The number of imidazole rings is 1. The number of rotatable bonds is 6. The minimum absolute atomic E-state index is 0.0816. The first kappa shape index (κ1) is 20.5. The Morgan fingerprint density at radius 3 is 2.83 bits per heavy atom. The topological polar surface area (TPSA) is 93.4 Å². The number of hydrogen-bond acceptors (Lipinski definition) is 6. The van der Waals surface area contributed by atoms with Crippen molar-refractivity contribution in [3.63, 3.8) is 0 Å². The highest BCUT2D eigenvalue weighted by molar-refractivity contribution is 5.94. The Bertz CT molecular complexity index is 914. The maximum absolute atomic E-state index is 13.5. The molecule has 2 fully saturated rings. The van der Waals surface area contributed by atoms with Gasteiger partial charge in [0, 0.05) is 63.8 Å². The molecule has 0 radical (unpaired) electrons. The molecule has 2 aliphatic rings. The van der Waals surface area contributed by atoms with Gasteiger partial charge in [-0.15, -0.1) is 0 Å². The van der Waals surface area contributed by atoms with Crippen LogP contribution in [0.3, 0.4) is 0 Å². The minimum atomic E-state index is -0.665. The molecule has 2 amide bonds. The molecule has 0 bridgehead atoms. The third-order valence-corrected chi connectivity index (χ3v) is 6.29. The van der Waals surface area contributed by atoms with Gasteiger partial charge in [-0.1, -0.05) is 0 Å². The predicted molar refractivity (Wildman–Crippen MR) is 109 cm³/mol. The zero-order valence-electron chi connectivity index (χ0n) is 17.7. The van der Waals surface area contributed by atoms with Gasteiger partial charge < -0.3 is 19.1 Å². The van der Waals surface area contributed by atoms with Crippen LogP contribution >= 0.6 is 0 Å². The number of carbonyl (C=O) groups excluding carboxylic acids is 2. The molecule has 0 aliphatic carbocycles. The van der Waals surface area contributed by atoms with Crippen molar-refractivity contribution in [3.05, 3.63) is 42.5 Å². The van der Waals surface area contributed by atoms with Gasteiger partial charge in [0.25, 0.3) is 5.91 Å². The average Bonchev–Trinajstić information content (AvgIpc) is 3.46. The minimum Gasteiger partial charge on any atom is -0.383 e. The number of likely N-dealkylation sites (tertiary alicyclic amines) is 2. The molecule has 2 aromatic heterocycles. The molecule has 9 heteroatoms. The summed E-state index contributed by atoms with van der Waals surface area (Å²) < 4.78 is 7.21. The SMILES string of the molecule is COCCN1CC[C@@]2(CN(C(=O)c3cnccn3)C[C@@H]2c2cn(C(C)C)cn2)C1=O. The van der Waals surface area contributed by atoms with Gasteiger partial charge in [-0.25, -0.2) is 9.97 Å². The van der Waals surface area contributed by atoms with Crippen molar-refractivity contribution >= 4 is 11.8 Å². The summed E-state index contributed by atoms with van der Waals surface area (Å²) in [6, 6.07) is 0.276. The van der Waals surface area contributed by atoms with Crippen LogP contribution in [0, 0.1) is 5.41 Å². The number of nitrogens with zero attached hydrogens (tertiary/aromatic N) is 6. The molecule has 4 rings (SSSR count). The molecule has 2 saturated heterocycles. The Labute approximate surface area is 176 Å². The van der Waals surface area contributed by atoms with E-state index in [1.807, 2.05) is 22.0 Å². The van der Waals surface area contributed by atoms with Gasteiger partial charge in [0.2, 0.25) is 5.91 Å². The molecule has 0 saturated carbocycles. The van der Waals surface area contributed by atoms with E-state index < -0.39 is 5.41 Å². The second kappa shape index (κ2) is 8.14. The molecule has 30 heavy (non-hydrogen) atoms. The Balaban J connectivity index is 1.66. The van der Waals surface area contributed by atoms with E-state index in [1.54, 1.807) is 12.0 Å². The van der Waals surface area contributed by atoms with Crippen LogP contribution in [0.4, 0.5) is 0 Å². The number of aromatic nitrogens is 4. The van der Waals surface area contributed by atoms with Gasteiger partial charge in [-0.05, 0) is 20.3 Å². The van der Waals surface area contributed by atoms with Gasteiger partial charge in [0.15, 0.2) is 0 Å². The Morgan fingerprint density at radius 2 is 2.17 bits per heavy atom. The average molecular weight is 412 g/mol. The smallest absolute Gasteiger partial charge is 0.274 e. The van der Waals surface area contributed by atoms with Crippen molar-refractivity contribution in [3.8, 4) is 0 Å². The monoisotopic (exact) mass is 412 g/mol. The summed E-state index contributed by atoms with van der Waals surface area (Å²) >= 11 is 0. The lowest BCUT2D eigenvalue weighted by atomic mass is 9.75. The maximum atomic E-state index is 13.5. The van der Waals surface area contributed by atoms with Gasteiger partial charge in [0.1, 0.15) is 5.69 Å². The first-order valence-corrected chi connectivity index (χ1v) is 10.3. The van der Waals surface area contributed by atoms with E-state index in [2.05, 4.69) is 28.8 Å². The zero-order valence-corrected chi connectivity index (χ0v) is 17.7. The third kappa shape index (κ3) is 3.47. The van der Waals surface area contributed by atoms with Crippen LogP contribution in [0.5, 0.6) is 0 Å². The Hall–Kier alpha value is -2.81. The van der Waals surface area contributed by atoms with Gasteiger partial charge in [-0.3, -0.25) is 14.6 Å². The van der Waals surface area contributed by atoms with Crippen molar-refractivity contribution in [1.29, 1.82) is 0 Å². The number of amides is 2.